The molecule has 1 aliphatic heterocycles. The lowest BCUT2D eigenvalue weighted by Crippen LogP contribution is -2.33. The number of benzene rings is 1. The molecular weight excluding hydrogens is 400 g/mol. The van der Waals surface area contributed by atoms with E-state index in [9.17, 15) is 0 Å². The first-order valence-corrected chi connectivity index (χ1v) is 12.0. The molecule has 1 aromatic carbocycles. The first-order valence-electron chi connectivity index (χ1n) is 12.0. The standard InChI is InChI=1S/C26H34N4O2/c1-29(2)17-23-25(31-18-20-3-4-20)8-6-22-24(28-32-26(22)23)7-5-19-11-15-30(16-12-19)21-9-13-27-14-10-21/h6,8-10,13-14,19-20H,3-5,7,11-12,15-18H2,1-2H3. The maximum absolute atomic E-state index is 6.16. The molecule has 1 saturated carbocycles. The van der Waals surface area contributed by atoms with Crippen LogP contribution in [0.1, 0.15) is 43.4 Å². The number of ether oxygens (including phenoxy) is 1. The van der Waals surface area contributed by atoms with Crippen LogP contribution < -0.4 is 9.64 Å². The van der Waals surface area contributed by atoms with E-state index in [1.54, 1.807) is 0 Å². The summed E-state index contributed by atoms with van der Waals surface area (Å²) in [5, 5.41) is 5.64. The molecule has 6 heteroatoms. The average Bonchev–Trinajstić information content (AvgIpc) is 3.55. The Hall–Kier alpha value is -2.60. The van der Waals surface area contributed by atoms with Gasteiger partial charge in [-0.05, 0) is 88.7 Å². The highest BCUT2D eigenvalue weighted by molar-refractivity contribution is 5.84. The zero-order valence-electron chi connectivity index (χ0n) is 19.3. The van der Waals surface area contributed by atoms with Crippen LogP contribution in [0.2, 0.25) is 0 Å². The first-order chi connectivity index (χ1) is 15.7. The molecule has 5 rings (SSSR count). The number of rotatable bonds is 9. The number of aromatic nitrogens is 2. The molecule has 170 valence electrons. The number of hydrogen-bond acceptors (Lipinski definition) is 6. The Balaban J connectivity index is 1.24. The molecule has 2 aromatic heterocycles. The van der Waals surface area contributed by atoms with Gasteiger partial charge in [-0.3, -0.25) is 4.98 Å². The highest BCUT2D eigenvalue weighted by atomic mass is 16.5. The van der Waals surface area contributed by atoms with Gasteiger partial charge in [0.1, 0.15) is 5.75 Å². The van der Waals surface area contributed by atoms with E-state index in [4.69, 9.17) is 9.26 Å². The van der Waals surface area contributed by atoms with E-state index in [0.29, 0.717) is 0 Å². The smallest absolute Gasteiger partial charge is 0.175 e. The second kappa shape index (κ2) is 9.49. The Morgan fingerprint density at radius 1 is 1.03 bits per heavy atom. The fourth-order valence-corrected chi connectivity index (χ4v) is 4.74. The topological polar surface area (TPSA) is 54.6 Å². The van der Waals surface area contributed by atoms with Crippen LogP contribution in [0.5, 0.6) is 5.75 Å². The van der Waals surface area contributed by atoms with E-state index in [1.165, 1.54) is 31.4 Å². The zero-order valence-corrected chi connectivity index (χ0v) is 19.3. The Morgan fingerprint density at radius 2 is 1.81 bits per heavy atom. The van der Waals surface area contributed by atoms with Crippen molar-refractivity contribution >= 4 is 16.7 Å². The Labute approximate surface area is 190 Å². The van der Waals surface area contributed by atoms with Crippen molar-refractivity contribution in [2.24, 2.45) is 11.8 Å². The second-order valence-corrected chi connectivity index (χ2v) is 9.71. The molecule has 0 bridgehead atoms. The summed E-state index contributed by atoms with van der Waals surface area (Å²) in [5.74, 6) is 2.42. The lowest BCUT2D eigenvalue weighted by atomic mass is 9.91. The number of aryl methyl sites for hydroxylation is 1. The van der Waals surface area contributed by atoms with Crippen molar-refractivity contribution in [1.82, 2.24) is 15.0 Å². The van der Waals surface area contributed by atoms with E-state index in [0.717, 1.165) is 78.9 Å². The van der Waals surface area contributed by atoms with Crippen molar-refractivity contribution < 1.29 is 9.26 Å². The molecule has 0 unspecified atom stereocenters. The molecule has 1 saturated heterocycles. The van der Waals surface area contributed by atoms with Gasteiger partial charge in [0.05, 0.1) is 17.9 Å². The maximum Gasteiger partial charge on any atom is 0.175 e. The molecule has 32 heavy (non-hydrogen) atoms. The van der Waals surface area contributed by atoms with Crippen LogP contribution in [0.15, 0.2) is 41.2 Å². The number of anilines is 1. The summed E-state index contributed by atoms with van der Waals surface area (Å²) in [7, 11) is 4.16. The predicted molar refractivity (Wildman–Crippen MR) is 127 cm³/mol. The molecule has 2 aliphatic rings. The third-order valence-corrected chi connectivity index (χ3v) is 6.85. The van der Waals surface area contributed by atoms with Gasteiger partial charge in [0.2, 0.25) is 0 Å². The maximum atomic E-state index is 6.16. The van der Waals surface area contributed by atoms with Crippen LogP contribution in [-0.2, 0) is 13.0 Å². The van der Waals surface area contributed by atoms with Gasteiger partial charge >= 0.3 is 0 Å². The summed E-state index contributed by atoms with van der Waals surface area (Å²) in [6.45, 7) is 3.83. The van der Waals surface area contributed by atoms with Crippen LogP contribution >= 0.6 is 0 Å². The van der Waals surface area contributed by atoms with Gasteiger partial charge < -0.3 is 19.1 Å². The quantitative estimate of drug-likeness (QED) is 0.476. The zero-order chi connectivity index (χ0) is 21.9. The molecule has 6 nitrogen and oxygen atoms in total. The minimum absolute atomic E-state index is 0.730. The Bertz CT molecular complexity index is 1020. The minimum Gasteiger partial charge on any atom is -0.493 e. The van der Waals surface area contributed by atoms with E-state index in [1.807, 2.05) is 12.4 Å². The lowest BCUT2D eigenvalue weighted by Gasteiger charge is -2.33. The van der Waals surface area contributed by atoms with E-state index in [2.05, 4.69) is 58.3 Å². The first kappa shape index (κ1) is 21.3. The van der Waals surface area contributed by atoms with Gasteiger partial charge in [0.25, 0.3) is 0 Å². The van der Waals surface area contributed by atoms with Gasteiger partial charge in [0.15, 0.2) is 5.58 Å². The van der Waals surface area contributed by atoms with Crippen LogP contribution in [0.25, 0.3) is 11.0 Å². The average molecular weight is 435 g/mol. The van der Waals surface area contributed by atoms with Crippen molar-refractivity contribution in [1.29, 1.82) is 0 Å². The molecule has 0 spiro atoms. The van der Waals surface area contributed by atoms with Crippen LogP contribution in [0, 0.1) is 11.8 Å². The molecule has 0 N–H and O–H groups in total. The lowest BCUT2D eigenvalue weighted by molar-refractivity contribution is 0.289. The monoisotopic (exact) mass is 434 g/mol. The second-order valence-electron chi connectivity index (χ2n) is 9.71. The van der Waals surface area contributed by atoms with Gasteiger partial charge in [-0.2, -0.15) is 0 Å². The van der Waals surface area contributed by atoms with Crippen LogP contribution in [0.3, 0.4) is 0 Å². The van der Waals surface area contributed by atoms with Gasteiger partial charge in [-0.25, -0.2) is 0 Å². The van der Waals surface area contributed by atoms with Crippen molar-refractivity contribution in [3.63, 3.8) is 0 Å². The molecule has 0 atom stereocenters. The van der Waals surface area contributed by atoms with E-state index >= 15 is 0 Å². The van der Waals surface area contributed by atoms with Gasteiger partial charge in [-0.1, -0.05) is 5.16 Å². The van der Waals surface area contributed by atoms with Gasteiger partial charge in [0, 0.05) is 43.1 Å². The molecule has 3 heterocycles. The number of fused-ring (bicyclic) bond motifs is 1. The molecule has 3 aromatic rings. The van der Waals surface area contributed by atoms with E-state index < -0.39 is 0 Å². The Kier molecular flexibility index (Phi) is 6.30. The summed E-state index contributed by atoms with van der Waals surface area (Å²) in [6, 6.07) is 8.48. The fourth-order valence-electron chi connectivity index (χ4n) is 4.74. The molecule has 0 radical (unpaired) electrons. The molecule has 0 amide bonds. The van der Waals surface area contributed by atoms with Crippen molar-refractivity contribution in [3.05, 3.63) is 47.9 Å². The number of nitrogens with zero attached hydrogens (tertiary/aromatic N) is 4. The summed E-state index contributed by atoms with van der Waals surface area (Å²) in [5.41, 5.74) is 4.39. The fraction of sp³-hybridized carbons (Fsp3) is 0.538. The number of pyridine rings is 1. The normalized spacial score (nSPS) is 17.4. The summed E-state index contributed by atoms with van der Waals surface area (Å²) < 4.78 is 12.0. The third-order valence-electron chi connectivity index (χ3n) is 6.85. The predicted octanol–water partition coefficient (Wildman–Crippen LogP) is 4.92. The summed E-state index contributed by atoms with van der Waals surface area (Å²) in [4.78, 5) is 8.77. The third kappa shape index (κ3) is 4.90. The van der Waals surface area contributed by atoms with Crippen LogP contribution in [0.4, 0.5) is 5.69 Å². The van der Waals surface area contributed by atoms with Crippen molar-refractivity contribution in [2.75, 3.05) is 38.7 Å². The number of piperidine rings is 1. The SMILES string of the molecule is CN(C)Cc1c(OCC2CC2)ccc2c(CCC3CCN(c4ccncc4)CC3)noc12. The highest BCUT2D eigenvalue weighted by Crippen LogP contribution is 2.35. The molecule has 2 fully saturated rings. The van der Waals surface area contributed by atoms with E-state index in [-0.39, 0.29) is 0 Å². The molecule has 1 aliphatic carbocycles. The largest absolute Gasteiger partial charge is 0.493 e. The van der Waals surface area contributed by atoms with Crippen molar-refractivity contribution in [3.8, 4) is 5.75 Å². The van der Waals surface area contributed by atoms with Gasteiger partial charge in [-0.15, -0.1) is 0 Å². The highest BCUT2D eigenvalue weighted by Gasteiger charge is 2.24. The van der Waals surface area contributed by atoms with Crippen LogP contribution in [-0.4, -0.2) is 48.8 Å². The summed E-state index contributed by atoms with van der Waals surface area (Å²) in [6.07, 6.45) is 10.9. The minimum atomic E-state index is 0.730. The number of hydrogen-bond donors (Lipinski definition) is 0. The van der Waals surface area contributed by atoms with Crippen molar-refractivity contribution in [2.45, 2.75) is 45.1 Å². The molecular formula is C26H34N4O2. The summed E-state index contributed by atoms with van der Waals surface area (Å²) >= 11 is 0. The Morgan fingerprint density at radius 3 is 2.53 bits per heavy atom.